The van der Waals surface area contributed by atoms with E-state index >= 15 is 0 Å². The summed E-state index contributed by atoms with van der Waals surface area (Å²) in [7, 11) is 0. The van der Waals surface area contributed by atoms with Crippen molar-refractivity contribution in [1.82, 2.24) is 19.4 Å². The third kappa shape index (κ3) is 2.71. The van der Waals surface area contributed by atoms with Crippen LogP contribution in [0.4, 0.5) is 5.95 Å². The number of aromatic nitrogens is 4. The predicted octanol–water partition coefficient (Wildman–Crippen LogP) is 3.43. The van der Waals surface area contributed by atoms with E-state index in [9.17, 15) is 0 Å². The van der Waals surface area contributed by atoms with Crippen molar-refractivity contribution in [3.8, 4) is 0 Å². The van der Waals surface area contributed by atoms with Crippen molar-refractivity contribution in [2.45, 2.75) is 47.4 Å². The zero-order valence-electron chi connectivity index (χ0n) is 14.5. The van der Waals surface area contributed by atoms with Crippen LogP contribution in [0, 0.1) is 5.41 Å². The van der Waals surface area contributed by atoms with Crippen molar-refractivity contribution in [1.29, 1.82) is 0 Å². The van der Waals surface area contributed by atoms with Gasteiger partial charge in [-0.2, -0.15) is 0 Å². The monoisotopic (exact) mass is 386 g/mol. The average molecular weight is 387 g/mol. The molecular formula is C18H22N6S2. The number of nitrogens with zero attached hydrogens (tertiary/aromatic N) is 5. The number of fused-ring (bicyclic) bond motifs is 1. The SMILES string of the molecule is N[C@@H]1CCCC12CCN(c1ncc(Sc3nccs3)c3nccn13)CC2. The van der Waals surface area contributed by atoms with Gasteiger partial charge in [-0.15, -0.1) is 11.3 Å². The fourth-order valence-corrected chi connectivity index (χ4v) is 6.12. The maximum absolute atomic E-state index is 6.43. The van der Waals surface area contributed by atoms with Gasteiger partial charge in [0.15, 0.2) is 9.99 Å². The Morgan fingerprint density at radius 2 is 2.04 bits per heavy atom. The van der Waals surface area contributed by atoms with Gasteiger partial charge in [0.05, 0.1) is 4.90 Å². The molecule has 6 nitrogen and oxygen atoms in total. The van der Waals surface area contributed by atoms with Gasteiger partial charge in [0.25, 0.3) is 0 Å². The van der Waals surface area contributed by atoms with Crippen LogP contribution in [0.2, 0.25) is 0 Å². The summed E-state index contributed by atoms with van der Waals surface area (Å²) in [6.45, 7) is 2.04. The van der Waals surface area contributed by atoms with Crippen molar-refractivity contribution in [3.05, 3.63) is 30.2 Å². The first-order valence-corrected chi connectivity index (χ1v) is 10.8. The summed E-state index contributed by atoms with van der Waals surface area (Å²) < 4.78 is 3.13. The molecule has 1 atom stereocenters. The number of thiazole rings is 1. The highest BCUT2D eigenvalue weighted by Gasteiger charge is 2.43. The molecule has 136 valence electrons. The summed E-state index contributed by atoms with van der Waals surface area (Å²) in [6, 6.07) is 0.378. The fraction of sp³-hybridized carbons (Fsp3) is 0.500. The van der Waals surface area contributed by atoms with E-state index in [0.717, 1.165) is 33.9 Å². The van der Waals surface area contributed by atoms with Gasteiger partial charge in [-0.1, -0.05) is 18.2 Å². The highest BCUT2D eigenvalue weighted by molar-refractivity contribution is 8.01. The fourth-order valence-electron chi connectivity index (χ4n) is 4.48. The van der Waals surface area contributed by atoms with E-state index in [1.165, 1.54) is 32.1 Å². The third-order valence-corrected chi connectivity index (χ3v) is 7.89. The average Bonchev–Trinajstić information content (AvgIpc) is 3.39. The van der Waals surface area contributed by atoms with E-state index < -0.39 is 0 Å². The lowest BCUT2D eigenvalue weighted by atomic mass is 9.74. The highest BCUT2D eigenvalue weighted by atomic mass is 32.2. The second kappa shape index (κ2) is 6.51. The lowest BCUT2D eigenvalue weighted by Gasteiger charge is -2.42. The van der Waals surface area contributed by atoms with Gasteiger partial charge >= 0.3 is 0 Å². The molecule has 0 aromatic carbocycles. The molecule has 1 spiro atoms. The van der Waals surface area contributed by atoms with Crippen LogP contribution in [0.15, 0.2) is 39.4 Å². The summed E-state index contributed by atoms with van der Waals surface area (Å²) in [6.07, 6.45) is 13.7. The minimum atomic E-state index is 0.366. The van der Waals surface area contributed by atoms with Crippen LogP contribution in [-0.4, -0.2) is 38.5 Å². The molecule has 1 aliphatic heterocycles. The molecule has 0 bridgehead atoms. The lowest BCUT2D eigenvalue weighted by molar-refractivity contribution is 0.197. The van der Waals surface area contributed by atoms with Crippen LogP contribution >= 0.6 is 23.1 Å². The minimum Gasteiger partial charge on any atom is -0.342 e. The Morgan fingerprint density at radius 1 is 1.15 bits per heavy atom. The number of hydrogen-bond donors (Lipinski definition) is 1. The summed E-state index contributed by atoms with van der Waals surface area (Å²) in [5.41, 5.74) is 7.75. The number of piperidine rings is 1. The Hall–Kier alpha value is -1.64. The van der Waals surface area contributed by atoms with Crippen LogP contribution in [-0.2, 0) is 0 Å². The zero-order chi connectivity index (χ0) is 17.6. The maximum atomic E-state index is 6.43. The molecule has 2 fully saturated rings. The van der Waals surface area contributed by atoms with Gasteiger partial charge < -0.3 is 10.6 Å². The zero-order valence-corrected chi connectivity index (χ0v) is 16.2. The molecule has 3 aromatic rings. The first kappa shape index (κ1) is 16.5. The Kier molecular flexibility index (Phi) is 4.14. The number of imidazole rings is 1. The number of nitrogens with two attached hydrogens (primary N) is 1. The van der Waals surface area contributed by atoms with Crippen molar-refractivity contribution >= 4 is 34.7 Å². The summed E-state index contributed by atoms with van der Waals surface area (Å²) in [4.78, 5) is 17.2. The second-order valence-corrected chi connectivity index (χ2v) is 9.48. The topological polar surface area (TPSA) is 72.3 Å². The third-order valence-electron chi connectivity index (χ3n) is 6.00. The Bertz CT molecular complexity index is 898. The maximum Gasteiger partial charge on any atom is 0.211 e. The van der Waals surface area contributed by atoms with Crippen LogP contribution in [0.1, 0.15) is 32.1 Å². The van der Waals surface area contributed by atoms with E-state index in [2.05, 4.69) is 19.3 Å². The summed E-state index contributed by atoms with van der Waals surface area (Å²) in [5.74, 6) is 0.988. The molecule has 0 amide bonds. The molecule has 1 aliphatic carbocycles. The van der Waals surface area contributed by atoms with Crippen LogP contribution < -0.4 is 10.6 Å². The lowest BCUT2D eigenvalue weighted by Crippen LogP contribution is -2.47. The molecule has 2 aliphatic rings. The van der Waals surface area contributed by atoms with Gasteiger partial charge in [-0.05, 0) is 31.1 Å². The van der Waals surface area contributed by atoms with Gasteiger partial charge in [0.1, 0.15) is 0 Å². The van der Waals surface area contributed by atoms with Crippen LogP contribution in [0.3, 0.4) is 0 Å². The standard InChI is InChI=1S/C18H22N6S2/c19-14-2-1-3-18(14)4-8-23(9-5-18)16-22-12-13(15-20-6-10-24(15)16)26-17-21-7-11-25-17/h6-7,10-12,14H,1-5,8-9,19H2/t14-/m1/s1. The first-order chi connectivity index (χ1) is 12.8. The molecule has 1 saturated carbocycles. The number of hydrogen-bond acceptors (Lipinski definition) is 7. The quantitative estimate of drug-likeness (QED) is 0.743. The molecular weight excluding hydrogens is 364 g/mol. The van der Waals surface area contributed by atoms with Crippen molar-refractivity contribution in [2.75, 3.05) is 18.0 Å². The van der Waals surface area contributed by atoms with E-state index in [-0.39, 0.29) is 0 Å². The van der Waals surface area contributed by atoms with Gasteiger partial charge in [-0.3, -0.25) is 4.40 Å². The first-order valence-electron chi connectivity index (χ1n) is 9.15. The van der Waals surface area contributed by atoms with Gasteiger partial charge in [0, 0.05) is 49.3 Å². The summed E-state index contributed by atoms with van der Waals surface area (Å²) in [5, 5.41) is 1.99. The predicted molar refractivity (Wildman–Crippen MR) is 105 cm³/mol. The van der Waals surface area contributed by atoms with Crippen molar-refractivity contribution in [2.24, 2.45) is 11.1 Å². The van der Waals surface area contributed by atoms with E-state index in [1.807, 2.05) is 30.2 Å². The number of rotatable bonds is 3. The van der Waals surface area contributed by atoms with Gasteiger partial charge in [-0.25, -0.2) is 15.0 Å². The molecule has 1 saturated heterocycles. The molecule has 8 heteroatoms. The molecule has 0 radical (unpaired) electrons. The van der Waals surface area contributed by atoms with E-state index in [1.54, 1.807) is 23.1 Å². The van der Waals surface area contributed by atoms with E-state index in [4.69, 9.17) is 10.7 Å². The normalized spacial score (nSPS) is 22.5. The second-order valence-electron chi connectivity index (χ2n) is 7.29. The molecule has 5 rings (SSSR count). The summed E-state index contributed by atoms with van der Waals surface area (Å²) >= 11 is 3.26. The van der Waals surface area contributed by atoms with Gasteiger partial charge in [0.2, 0.25) is 5.95 Å². The largest absolute Gasteiger partial charge is 0.342 e. The van der Waals surface area contributed by atoms with Crippen molar-refractivity contribution in [3.63, 3.8) is 0 Å². The molecule has 0 unspecified atom stereocenters. The molecule has 2 N–H and O–H groups in total. The Labute approximate surface area is 160 Å². The molecule has 26 heavy (non-hydrogen) atoms. The minimum absolute atomic E-state index is 0.366. The molecule has 3 aromatic heterocycles. The Balaban J connectivity index is 1.41. The van der Waals surface area contributed by atoms with Crippen LogP contribution in [0.25, 0.3) is 5.65 Å². The number of anilines is 1. The van der Waals surface area contributed by atoms with Crippen LogP contribution in [0.5, 0.6) is 0 Å². The van der Waals surface area contributed by atoms with E-state index in [0.29, 0.717) is 11.5 Å². The van der Waals surface area contributed by atoms with Crippen molar-refractivity contribution < 1.29 is 0 Å². The smallest absolute Gasteiger partial charge is 0.211 e. The Morgan fingerprint density at radius 3 is 2.77 bits per heavy atom. The molecule has 4 heterocycles. The highest BCUT2D eigenvalue weighted by Crippen LogP contribution is 2.46.